The van der Waals surface area contributed by atoms with Crippen LogP contribution in [0, 0.1) is 6.92 Å². The first-order chi connectivity index (χ1) is 12.7. The highest BCUT2D eigenvalue weighted by Gasteiger charge is 2.32. The van der Waals surface area contributed by atoms with Crippen LogP contribution in [-0.2, 0) is 6.42 Å². The number of amides is 1. The monoisotopic (exact) mass is 363 g/mol. The fourth-order valence-corrected chi connectivity index (χ4v) is 4.62. The van der Waals surface area contributed by atoms with Crippen LogP contribution in [0.3, 0.4) is 0 Å². The highest BCUT2D eigenvalue weighted by atomic mass is 32.1. The summed E-state index contributed by atoms with van der Waals surface area (Å²) in [7, 11) is 0. The van der Waals surface area contributed by atoms with Crippen molar-refractivity contribution >= 4 is 17.2 Å². The maximum Gasteiger partial charge on any atom is 0.266 e. The van der Waals surface area contributed by atoms with Gasteiger partial charge in [0.1, 0.15) is 4.88 Å². The molecular formula is C21H21N3OS. The minimum atomic E-state index is 0.110. The molecule has 26 heavy (non-hydrogen) atoms. The molecule has 132 valence electrons. The molecule has 1 saturated heterocycles. The van der Waals surface area contributed by atoms with E-state index in [0.717, 1.165) is 46.9 Å². The third kappa shape index (κ3) is 3.40. The third-order valence-corrected chi connectivity index (χ3v) is 5.98. The second kappa shape index (κ2) is 7.38. The lowest BCUT2D eigenvalue weighted by Gasteiger charge is -2.24. The number of likely N-dealkylation sites (tertiary alicyclic amines) is 1. The van der Waals surface area contributed by atoms with Crippen molar-refractivity contribution in [3.63, 3.8) is 0 Å². The van der Waals surface area contributed by atoms with Gasteiger partial charge in [0.15, 0.2) is 0 Å². The summed E-state index contributed by atoms with van der Waals surface area (Å²) >= 11 is 1.53. The molecule has 0 saturated carbocycles. The molecule has 1 aliphatic rings. The van der Waals surface area contributed by atoms with Gasteiger partial charge in [0.25, 0.3) is 5.91 Å². The Morgan fingerprint density at radius 1 is 1.19 bits per heavy atom. The largest absolute Gasteiger partial charge is 0.331 e. The van der Waals surface area contributed by atoms with Gasteiger partial charge < -0.3 is 4.90 Å². The third-order valence-electron chi connectivity index (χ3n) is 4.84. The molecule has 1 aromatic carbocycles. The van der Waals surface area contributed by atoms with E-state index in [1.807, 2.05) is 42.2 Å². The van der Waals surface area contributed by atoms with Crippen LogP contribution in [0.15, 0.2) is 54.9 Å². The summed E-state index contributed by atoms with van der Waals surface area (Å²) in [5, 5.41) is 0.997. The predicted octanol–water partition coefficient (Wildman–Crippen LogP) is 4.41. The van der Waals surface area contributed by atoms with Crippen molar-refractivity contribution in [2.24, 2.45) is 0 Å². The number of nitrogens with zero attached hydrogens (tertiary/aromatic N) is 3. The van der Waals surface area contributed by atoms with Crippen LogP contribution >= 0.6 is 11.3 Å². The molecule has 5 heteroatoms. The summed E-state index contributed by atoms with van der Waals surface area (Å²) in [4.78, 5) is 24.7. The number of carbonyl (C=O) groups is 1. The Bertz CT molecular complexity index is 892. The number of hydrogen-bond acceptors (Lipinski definition) is 4. The SMILES string of the molecule is Cc1nc(Cc2ccccc2)sc1C(=O)N1CCCC1c1ccncc1. The Hall–Kier alpha value is -2.53. The molecule has 0 spiro atoms. The van der Waals surface area contributed by atoms with Crippen molar-refractivity contribution in [1.82, 2.24) is 14.9 Å². The average Bonchev–Trinajstić information content (AvgIpc) is 3.30. The summed E-state index contributed by atoms with van der Waals surface area (Å²) in [6.45, 7) is 2.74. The predicted molar refractivity (Wildman–Crippen MR) is 103 cm³/mol. The van der Waals surface area contributed by atoms with Gasteiger partial charge in [0, 0.05) is 25.4 Å². The van der Waals surface area contributed by atoms with Crippen LogP contribution in [0.1, 0.15) is 50.4 Å². The van der Waals surface area contributed by atoms with Crippen molar-refractivity contribution in [1.29, 1.82) is 0 Å². The molecule has 0 N–H and O–H groups in total. The van der Waals surface area contributed by atoms with Gasteiger partial charge in [-0.15, -0.1) is 11.3 Å². The lowest BCUT2D eigenvalue weighted by atomic mass is 10.1. The smallest absolute Gasteiger partial charge is 0.266 e. The van der Waals surface area contributed by atoms with E-state index < -0.39 is 0 Å². The number of rotatable bonds is 4. The van der Waals surface area contributed by atoms with Gasteiger partial charge in [-0.1, -0.05) is 30.3 Å². The fraction of sp³-hybridized carbons (Fsp3) is 0.286. The van der Waals surface area contributed by atoms with E-state index in [9.17, 15) is 4.79 Å². The van der Waals surface area contributed by atoms with Crippen molar-refractivity contribution < 1.29 is 4.79 Å². The number of carbonyl (C=O) groups excluding carboxylic acids is 1. The van der Waals surface area contributed by atoms with Crippen LogP contribution < -0.4 is 0 Å². The first-order valence-corrected chi connectivity index (χ1v) is 9.75. The van der Waals surface area contributed by atoms with Crippen molar-refractivity contribution in [2.75, 3.05) is 6.54 Å². The molecule has 1 amide bonds. The Morgan fingerprint density at radius 2 is 1.96 bits per heavy atom. The Labute approximate surface area is 157 Å². The van der Waals surface area contributed by atoms with Gasteiger partial charge in [-0.05, 0) is 43.0 Å². The summed E-state index contributed by atoms with van der Waals surface area (Å²) in [5.41, 5.74) is 3.22. The van der Waals surface area contributed by atoms with Gasteiger partial charge in [-0.25, -0.2) is 4.98 Å². The number of thiazole rings is 1. The van der Waals surface area contributed by atoms with Gasteiger partial charge >= 0.3 is 0 Å². The van der Waals surface area contributed by atoms with Crippen LogP contribution in [0.25, 0.3) is 0 Å². The van der Waals surface area contributed by atoms with E-state index >= 15 is 0 Å². The maximum absolute atomic E-state index is 13.2. The average molecular weight is 363 g/mol. The molecule has 1 unspecified atom stereocenters. The first kappa shape index (κ1) is 16.9. The molecule has 0 bridgehead atoms. The molecular weight excluding hydrogens is 342 g/mol. The number of aromatic nitrogens is 2. The molecule has 3 heterocycles. The van der Waals surface area contributed by atoms with Crippen molar-refractivity contribution in [3.05, 3.63) is 81.6 Å². The first-order valence-electron chi connectivity index (χ1n) is 8.93. The normalized spacial score (nSPS) is 16.8. The van der Waals surface area contributed by atoms with Crippen LogP contribution in [-0.4, -0.2) is 27.3 Å². The summed E-state index contributed by atoms with van der Waals surface area (Å²) < 4.78 is 0. The van der Waals surface area contributed by atoms with E-state index in [0.29, 0.717) is 0 Å². The molecule has 4 nitrogen and oxygen atoms in total. The number of aryl methyl sites for hydroxylation is 1. The number of hydrogen-bond donors (Lipinski definition) is 0. The zero-order valence-corrected chi connectivity index (χ0v) is 15.6. The highest BCUT2D eigenvalue weighted by Crippen LogP contribution is 2.34. The Kier molecular flexibility index (Phi) is 4.80. The van der Waals surface area contributed by atoms with E-state index in [1.54, 1.807) is 12.4 Å². The minimum Gasteiger partial charge on any atom is -0.331 e. The molecule has 2 aromatic heterocycles. The zero-order valence-electron chi connectivity index (χ0n) is 14.8. The summed E-state index contributed by atoms with van der Waals surface area (Å²) in [6, 6.07) is 14.4. The Morgan fingerprint density at radius 3 is 2.73 bits per heavy atom. The standard InChI is InChI=1S/C21H21N3OS/c1-15-20(26-19(23-15)14-16-6-3-2-4-7-16)21(25)24-13-5-8-18(24)17-9-11-22-12-10-17/h2-4,6-7,9-12,18H,5,8,13-14H2,1H3. The number of pyridine rings is 1. The van der Waals surface area contributed by atoms with Crippen molar-refractivity contribution in [2.45, 2.75) is 32.2 Å². The maximum atomic E-state index is 13.2. The van der Waals surface area contributed by atoms with Crippen LogP contribution in [0.5, 0.6) is 0 Å². The molecule has 0 radical (unpaired) electrons. The van der Waals surface area contributed by atoms with Gasteiger partial charge in [-0.2, -0.15) is 0 Å². The lowest BCUT2D eigenvalue weighted by Crippen LogP contribution is -2.30. The summed E-state index contributed by atoms with van der Waals surface area (Å²) in [5.74, 6) is 0.110. The molecule has 1 fully saturated rings. The molecule has 3 aromatic rings. The van der Waals surface area contributed by atoms with Crippen molar-refractivity contribution in [3.8, 4) is 0 Å². The minimum absolute atomic E-state index is 0.110. The molecule has 1 atom stereocenters. The zero-order chi connectivity index (χ0) is 17.9. The van der Waals surface area contributed by atoms with E-state index in [1.165, 1.54) is 16.9 Å². The summed E-state index contributed by atoms with van der Waals surface area (Å²) in [6.07, 6.45) is 6.41. The topological polar surface area (TPSA) is 46.1 Å². The lowest BCUT2D eigenvalue weighted by molar-refractivity contribution is 0.0739. The molecule has 0 aliphatic carbocycles. The highest BCUT2D eigenvalue weighted by molar-refractivity contribution is 7.13. The fourth-order valence-electron chi connectivity index (χ4n) is 3.57. The van der Waals surface area contributed by atoms with E-state index in [2.05, 4.69) is 22.1 Å². The molecule has 1 aliphatic heterocycles. The quantitative estimate of drug-likeness (QED) is 0.689. The van der Waals surface area contributed by atoms with Gasteiger partial charge in [0.05, 0.1) is 16.7 Å². The second-order valence-corrected chi connectivity index (χ2v) is 7.71. The van der Waals surface area contributed by atoms with E-state index in [-0.39, 0.29) is 11.9 Å². The molecule has 4 rings (SSSR count). The second-order valence-electron chi connectivity index (χ2n) is 6.62. The van der Waals surface area contributed by atoms with Crippen LogP contribution in [0.2, 0.25) is 0 Å². The van der Waals surface area contributed by atoms with E-state index in [4.69, 9.17) is 0 Å². The number of benzene rings is 1. The Balaban J connectivity index is 1.56. The van der Waals surface area contributed by atoms with Gasteiger partial charge in [-0.3, -0.25) is 9.78 Å². The van der Waals surface area contributed by atoms with Gasteiger partial charge in [0.2, 0.25) is 0 Å². The van der Waals surface area contributed by atoms with Crippen LogP contribution in [0.4, 0.5) is 0 Å².